The molecule has 1 fully saturated rings. The largest absolute Gasteiger partial charge is 0.380 e. The maximum absolute atomic E-state index is 5.33. The second-order valence-corrected chi connectivity index (χ2v) is 3.14. The molecule has 0 radical (unpaired) electrons. The molecular formula is C8H17NO. The van der Waals surface area contributed by atoms with Crippen molar-refractivity contribution < 1.29 is 4.74 Å². The molecule has 2 atom stereocenters. The van der Waals surface area contributed by atoms with Crippen molar-refractivity contribution >= 4 is 0 Å². The van der Waals surface area contributed by atoms with Gasteiger partial charge in [-0.3, -0.25) is 0 Å². The second kappa shape index (κ2) is 3.35. The van der Waals surface area contributed by atoms with E-state index in [0.29, 0.717) is 12.1 Å². The van der Waals surface area contributed by atoms with Gasteiger partial charge < -0.3 is 9.64 Å². The van der Waals surface area contributed by atoms with Crippen molar-refractivity contribution in [3.8, 4) is 0 Å². The van der Waals surface area contributed by atoms with Crippen molar-refractivity contribution in [1.29, 1.82) is 0 Å². The van der Waals surface area contributed by atoms with Gasteiger partial charge in [0.05, 0.1) is 6.10 Å². The number of hydrogen-bond donors (Lipinski definition) is 0. The first-order valence-corrected chi connectivity index (χ1v) is 3.98. The lowest BCUT2D eigenvalue weighted by Crippen LogP contribution is -2.44. The third-order valence-electron chi connectivity index (χ3n) is 2.54. The summed E-state index contributed by atoms with van der Waals surface area (Å²) in [6.45, 7) is 3.45. The molecule has 0 saturated carbocycles. The van der Waals surface area contributed by atoms with Crippen molar-refractivity contribution in [2.45, 2.75) is 31.9 Å². The Morgan fingerprint density at radius 2 is 2.20 bits per heavy atom. The first-order chi connectivity index (χ1) is 4.75. The second-order valence-electron chi connectivity index (χ2n) is 3.14. The highest BCUT2D eigenvalue weighted by molar-refractivity contribution is 4.78. The lowest BCUT2D eigenvalue weighted by molar-refractivity contribution is -0.000165. The molecule has 2 nitrogen and oxygen atoms in total. The van der Waals surface area contributed by atoms with E-state index in [9.17, 15) is 0 Å². The molecule has 60 valence electrons. The molecule has 0 aliphatic carbocycles. The zero-order chi connectivity index (χ0) is 7.56. The van der Waals surface area contributed by atoms with Crippen LogP contribution in [0.25, 0.3) is 0 Å². The Morgan fingerprint density at radius 1 is 1.50 bits per heavy atom. The predicted octanol–water partition coefficient (Wildman–Crippen LogP) is 1.12. The van der Waals surface area contributed by atoms with E-state index in [1.54, 1.807) is 7.11 Å². The van der Waals surface area contributed by atoms with Crippen molar-refractivity contribution in [3.63, 3.8) is 0 Å². The molecular weight excluding hydrogens is 126 g/mol. The van der Waals surface area contributed by atoms with Crippen LogP contribution in [0.1, 0.15) is 19.8 Å². The van der Waals surface area contributed by atoms with Gasteiger partial charge in [0.25, 0.3) is 0 Å². The zero-order valence-corrected chi connectivity index (χ0v) is 7.13. The molecule has 2 heteroatoms. The third-order valence-corrected chi connectivity index (χ3v) is 2.54. The summed E-state index contributed by atoms with van der Waals surface area (Å²) in [7, 11) is 3.97. The highest BCUT2D eigenvalue weighted by Crippen LogP contribution is 2.17. The molecule has 2 unspecified atom stereocenters. The summed E-state index contributed by atoms with van der Waals surface area (Å²) in [6, 6.07) is 0.596. The number of piperidine rings is 1. The Kier molecular flexibility index (Phi) is 2.69. The van der Waals surface area contributed by atoms with Crippen LogP contribution in [0.4, 0.5) is 0 Å². The van der Waals surface area contributed by atoms with E-state index in [2.05, 4.69) is 18.9 Å². The first kappa shape index (κ1) is 8.02. The summed E-state index contributed by atoms with van der Waals surface area (Å²) in [5, 5.41) is 0. The van der Waals surface area contributed by atoms with Crippen LogP contribution in [0, 0.1) is 0 Å². The summed E-state index contributed by atoms with van der Waals surface area (Å²) in [4.78, 5) is 2.36. The molecule has 0 bridgehead atoms. The van der Waals surface area contributed by atoms with Gasteiger partial charge in [0.2, 0.25) is 0 Å². The van der Waals surface area contributed by atoms with E-state index in [1.807, 2.05) is 0 Å². The van der Waals surface area contributed by atoms with E-state index in [0.717, 1.165) is 0 Å². The van der Waals surface area contributed by atoms with Crippen LogP contribution in [-0.2, 0) is 4.74 Å². The van der Waals surface area contributed by atoms with Gasteiger partial charge >= 0.3 is 0 Å². The molecule has 1 rings (SSSR count). The molecule has 0 amide bonds. The van der Waals surface area contributed by atoms with Gasteiger partial charge in [-0.15, -0.1) is 0 Å². The maximum atomic E-state index is 5.33. The van der Waals surface area contributed by atoms with Gasteiger partial charge in [0.15, 0.2) is 0 Å². The zero-order valence-electron chi connectivity index (χ0n) is 7.13. The summed E-state index contributed by atoms with van der Waals surface area (Å²) < 4.78 is 5.33. The number of rotatable bonds is 1. The van der Waals surface area contributed by atoms with Crippen LogP contribution in [0.15, 0.2) is 0 Å². The van der Waals surface area contributed by atoms with Gasteiger partial charge in [-0.05, 0) is 33.4 Å². The molecule has 1 aliphatic heterocycles. The standard InChI is InChI=1S/C8H17NO/c1-7-8(10-3)5-4-6-9(7)2/h7-8H,4-6H2,1-3H3. The Labute approximate surface area is 63.2 Å². The topological polar surface area (TPSA) is 12.5 Å². The van der Waals surface area contributed by atoms with Crippen LogP contribution < -0.4 is 0 Å². The number of likely N-dealkylation sites (tertiary alicyclic amines) is 1. The van der Waals surface area contributed by atoms with Gasteiger partial charge in [0.1, 0.15) is 0 Å². The number of hydrogen-bond acceptors (Lipinski definition) is 2. The van der Waals surface area contributed by atoms with Gasteiger partial charge in [-0.25, -0.2) is 0 Å². The Morgan fingerprint density at radius 3 is 2.70 bits per heavy atom. The van der Waals surface area contributed by atoms with Crippen molar-refractivity contribution in [3.05, 3.63) is 0 Å². The fourth-order valence-electron chi connectivity index (χ4n) is 1.59. The van der Waals surface area contributed by atoms with Gasteiger partial charge in [-0.1, -0.05) is 0 Å². The Hall–Kier alpha value is -0.0800. The van der Waals surface area contributed by atoms with Gasteiger partial charge in [-0.2, -0.15) is 0 Å². The fraction of sp³-hybridized carbons (Fsp3) is 1.00. The van der Waals surface area contributed by atoms with E-state index in [1.165, 1.54) is 19.4 Å². The van der Waals surface area contributed by atoms with Crippen molar-refractivity contribution in [2.24, 2.45) is 0 Å². The van der Waals surface area contributed by atoms with Crippen molar-refractivity contribution in [1.82, 2.24) is 4.90 Å². The number of methoxy groups -OCH3 is 1. The molecule has 0 N–H and O–H groups in total. The van der Waals surface area contributed by atoms with Crippen LogP contribution in [0.5, 0.6) is 0 Å². The summed E-state index contributed by atoms with van der Waals surface area (Å²) in [5.74, 6) is 0. The van der Waals surface area contributed by atoms with E-state index >= 15 is 0 Å². The summed E-state index contributed by atoms with van der Waals surface area (Å²) >= 11 is 0. The minimum absolute atomic E-state index is 0.457. The number of likely N-dealkylation sites (N-methyl/N-ethyl adjacent to an activating group) is 1. The molecule has 1 aliphatic rings. The molecule has 10 heavy (non-hydrogen) atoms. The predicted molar refractivity (Wildman–Crippen MR) is 42.1 cm³/mol. The lowest BCUT2D eigenvalue weighted by atomic mass is 10.0. The normalized spacial score (nSPS) is 36.3. The highest BCUT2D eigenvalue weighted by atomic mass is 16.5. The first-order valence-electron chi connectivity index (χ1n) is 3.98. The highest BCUT2D eigenvalue weighted by Gasteiger charge is 2.24. The van der Waals surface area contributed by atoms with E-state index in [-0.39, 0.29) is 0 Å². The monoisotopic (exact) mass is 143 g/mol. The average molecular weight is 143 g/mol. The molecule has 0 aromatic rings. The summed E-state index contributed by atoms with van der Waals surface area (Å²) in [6.07, 6.45) is 2.96. The van der Waals surface area contributed by atoms with Crippen LogP contribution >= 0.6 is 0 Å². The van der Waals surface area contributed by atoms with Crippen LogP contribution in [0.2, 0.25) is 0 Å². The SMILES string of the molecule is COC1CCCN(C)C1C. The van der Waals surface area contributed by atoms with Gasteiger partial charge in [0, 0.05) is 13.2 Å². The minimum atomic E-state index is 0.457. The molecule has 1 heterocycles. The van der Waals surface area contributed by atoms with E-state index < -0.39 is 0 Å². The van der Waals surface area contributed by atoms with E-state index in [4.69, 9.17) is 4.74 Å². The lowest BCUT2D eigenvalue weighted by Gasteiger charge is -2.35. The molecule has 1 saturated heterocycles. The molecule has 0 aromatic heterocycles. The Balaban J connectivity index is 2.42. The Bertz CT molecular complexity index is 105. The quantitative estimate of drug-likeness (QED) is 0.545. The minimum Gasteiger partial charge on any atom is -0.380 e. The average Bonchev–Trinajstić information content (AvgIpc) is 1.95. The smallest absolute Gasteiger partial charge is 0.0724 e. The summed E-state index contributed by atoms with van der Waals surface area (Å²) in [5.41, 5.74) is 0. The maximum Gasteiger partial charge on any atom is 0.0724 e. The van der Waals surface area contributed by atoms with Crippen LogP contribution in [-0.4, -0.2) is 37.7 Å². The number of ether oxygens (including phenoxy) is 1. The van der Waals surface area contributed by atoms with Crippen LogP contribution in [0.3, 0.4) is 0 Å². The third kappa shape index (κ3) is 1.50. The fourth-order valence-corrected chi connectivity index (χ4v) is 1.59. The van der Waals surface area contributed by atoms with Crippen molar-refractivity contribution in [2.75, 3.05) is 20.7 Å². The molecule has 0 aromatic carbocycles. The molecule has 0 spiro atoms. The number of nitrogens with zero attached hydrogens (tertiary/aromatic N) is 1.